The fraction of sp³-hybridized carbons (Fsp3) is 0.300. The number of carboxylic acid groups (broad SMARTS) is 2. The first kappa shape index (κ1) is 23.1. The van der Waals surface area contributed by atoms with Gasteiger partial charge in [-0.25, -0.2) is 0 Å². The number of carbonyl (C=O) groups is 2. The smallest absolute Gasteiger partial charge is 0.0489 e. The van der Waals surface area contributed by atoms with Crippen LogP contribution in [0.2, 0.25) is 0 Å². The number of carbonyl (C=O) groups excluding carboxylic acids is 2. The van der Waals surface area contributed by atoms with Crippen molar-refractivity contribution in [2.24, 2.45) is 0 Å². The molecule has 5 heteroatoms. The van der Waals surface area contributed by atoms with Crippen molar-refractivity contribution in [3.05, 3.63) is 71.8 Å². The Kier molecular flexibility index (Phi) is 11.5. The summed E-state index contributed by atoms with van der Waals surface area (Å²) in [6.07, 6.45) is 1.15. The van der Waals surface area contributed by atoms with Crippen LogP contribution < -0.4 is 10.2 Å². The molecule has 0 spiro atoms. The Morgan fingerprint density at radius 3 is 1.20 bits per heavy atom. The van der Waals surface area contributed by atoms with Gasteiger partial charge in [-0.15, -0.1) is 0 Å². The molecule has 25 heavy (non-hydrogen) atoms. The summed E-state index contributed by atoms with van der Waals surface area (Å²) in [5.74, 6) is -2.93. The van der Waals surface area contributed by atoms with Crippen LogP contribution in [0.4, 0.5) is 0 Å². The number of hydrogen-bond donors (Lipinski definition) is 0. The van der Waals surface area contributed by atoms with Crippen LogP contribution in [-0.2, 0) is 32.0 Å². The zero-order chi connectivity index (χ0) is 17.9. The molecule has 4 nitrogen and oxygen atoms in total. The number of benzene rings is 2. The van der Waals surface area contributed by atoms with E-state index in [1.807, 2.05) is 74.5 Å². The van der Waals surface area contributed by atoms with Crippen molar-refractivity contribution in [2.75, 3.05) is 0 Å². The van der Waals surface area contributed by atoms with Gasteiger partial charge in [-0.05, 0) is 24.0 Å². The van der Waals surface area contributed by atoms with Crippen LogP contribution >= 0.6 is 0 Å². The van der Waals surface area contributed by atoms with Gasteiger partial charge >= 0.3 is 0 Å². The summed E-state index contributed by atoms with van der Waals surface area (Å²) in [7, 11) is 0. The van der Waals surface area contributed by atoms with Gasteiger partial charge in [0.2, 0.25) is 0 Å². The van der Waals surface area contributed by atoms with Gasteiger partial charge in [-0.3, -0.25) is 0 Å². The second kappa shape index (κ2) is 12.5. The molecular weight excluding hydrogens is 412 g/mol. The van der Waals surface area contributed by atoms with Gasteiger partial charge in [0.25, 0.3) is 0 Å². The van der Waals surface area contributed by atoms with E-state index < -0.39 is 23.8 Å². The Morgan fingerprint density at radius 2 is 1.00 bits per heavy atom. The summed E-state index contributed by atoms with van der Waals surface area (Å²) in [4.78, 5) is 21.2. The predicted molar refractivity (Wildman–Crippen MR) is 89.0 cm³/mol. The Hall–Kier alpha value is -1.88. The first-order valence-electron chi connectivity index (χ1n) is 8.02. The van der Waals surface area contributed by atoms with Crippen LogP contribution in [0, 0.1) is 0 Å². The van der Waals surface area contributed by atoms with Crippen LogP contribution in [0.1, 0.15) is 49.7 Å². The molecule has 0 saturated carbocycles. The van der Waals surface area contributed by atoms with Crippen molar-refractivity contribution in [1.82, 2.24) is 0 Å². The molecule has 0 fully saturated rings. The van der Waals surface area contributed by atoms with Crippen molar-refractivity contribution in [1.29, 1.82) is 0 Å². The van der Waals surface area contributed by atoms with Gasteiger partial charge in [-0.1, -0.05) is 74.5 Å². The van der Waals surface area contributed by atoms with E-state index in [0.717, 1.165) is 11.1 Å². The minimum absolute atomic E-state index is 0. The third-order valence-electron chi connectivity index (χ3n) is 3.79. The molecular formula is C20H22AgO4-2. The molecule has 0 amide bonds. The Balaban J connectivity index is 0.000000443. The van der Waals surface area contributed by atoms with Crippen molar-refractivity contribution in [3.63, 3.8) is 0 Å². The molecule has 0 bridgehead atoms. The van der Waals surface area contributed by atoms with Gasteiger partial charge in [0.1, 0.15) is 0 Å². The van der Waals surface area contributed by atoms with Crippen LogP contribution in [0.5, 0.6) is 0 Å². The van der Waals surface area contributed by atoms with Gasteiger partial charge in [0.15, 0.2) is 0 Å². The molecule has 0 aliphatic rings. The zero-order valence-corrected chi connectivity index (χ0v) is 15.8. The van der Waals surface area contributed by atoms with Crippen LogP contribution in [-0.4, -0.2) is 11.9 Å². The number of hydrogen-bond acceptors (Lipinski definition) is 4. The summed E-state index contributed by atoms with van der Waals surface area (Å²) < 4.78 is 0. The molecule has 0 aliphatic heterocycles. The molecule has 2 aromatic rings. The number of carboxylic acids is 2. The third kappa shape index (κ3) is 7.69. The minimum Gasteiger partial charge on any atom is -0.549 e. The Labute approximate surface area is 164 Å². The van der Waals surface area contributed by atoms with E-state index in [1.165, 1.54) is 0 Å². The molecule has 0 N–H and O–H groups in total. The van der Waals surface area contributed by atoms with Gasteiger partial charge in [-0.2, -0.15) is 0 Å². The Bertz CT molecular complexity index is 571. The van der Waals surface area contributed by atoms with E-state index in [1.54, 1.807) is 0 Å². The topological polar surface area (TPSA) is 80.3 Å². The summed E-state index contributed by atoms with van der Waals surface area (Å²) in [5.41, 5.74) is 1.64. The van der Waals surface area contributed by atoms with Gasteiger partial charge in [0, 0.05) is 46.2 Å². The fourth-order valence-corrected chi connectivity index (χ4v) is 2.45. The average Bonchev–Trinajstić information content (AvgIpc) is 2.58. The Morgan fingerprint density at radius 1 is 0.720 bits per heavy atom. The van der Waals surface area contributed by atoms with Crippen molar-refractivity contribution in [2.45, 2.75) is 38.5 Å². The number of aliphatic carboxylic acids is 2. The zero-order valence-electron chi connectivity index (χ0n) is 14.3. The molecule has 2 rings (SSSR count). The second-order valence-corrected chi connectivity index (χ2v) is 5.38. The standard InChI is InChI=1S/2C10H12O2.Ag/c2*1-2-9(10(11)12)8-6-4-3-5-7-8;/h2*3-7,9H,2H2,1H3,(H,11,12);/p-2. The minimum atomic E-state index is -0.997. The van der Waals surface area contributed by atoms with E-state index >= 15 is 0 Å². The number of rotatable bonds is 6. The maximum Gasteiger partial charge on any atom is 0.0489 e. The summed E-state index contributed by atoms with van der Waals surface area (Å²) >= 11 is 0. The monoisotopic (exact) mass is 433 g/mol. The maximum atomic E-state index is 10.6. The largest absolute Gasteiger partial charge is 0.549 e. The van der Waals surface area contributed by atoms with Crippen LogP contribution in [0.25, 0.3) is 0 Å². The van der Waals surface area contributed by atoms with Crippen molar-refractivity contribution in [3.8, 4) is 0 Å². The molecule has 0 saturated heterocycles. The molecule has 139 valence electrons. The predicted octanol–water partition coefficient (Wildman–Crippen LogP) is 1.86. The van der Waals surface area contributed by atoms with E-state index in [0.29, 0.717) is 12.8 Å². The second-order valence-electron chi connectivity index (χ2n) is 5.38. The van der Waals surface area contributed by atoms with Gasteiger partial charge < -0.3 is 19.8 Å². The van der Waals surface area contributed by atoms with Crippen LogP contribution in [0.15, 0.2) is 60.7 Å². The average molecular weight is 434 g/mol. The summed E-state index contributed by atoms with van der Waals surface area (Å²) in [6, 6.07) is 18.3. The quantitative estimate of drug-likeness (QED) is 0.651. The maximum absolute atomic E-state index is 10.6. The van der Waals surface area contributed by atoms with E-state index in [9.17, 15) is 19.8 Å². The normalized spacial score (nSPS) is 11.9. The van der Waals surface area contributed by atoms with Crippen LogP contribution in [0.3, 0.4) is 0 Å². The first-order valence-corrected chi connectivity index (χ1v) is 8.02. The molecule has 1 radical (unpaired) electrons. The summed E-state index contributed by atoms with van der Waals surface area (Å²) in [5, 5.41) is 21.2. The fourth-order valence-electron chi connectivity index (χ4n) is 2.45. The van der Waals surface area contributed by atoms with E-state index in [2.05, 4.69) is 0 Å². The molecule has 0 heterocycles. The molecule has 2 atom stereocenters. The van der Waals surface area contributed by atoms with Crippen molar-refractivity contribution < 1.29 is 42.2 Å². The van der Waals surface area contributed by atoms with E-state index in [-0.39, 0.29) is 22.4 Å². The molecule has 2 unspecified atom stereocenters. The summed E-state index contributed by atoms with van der Waals surface area (Å²) in [6.45, 7) is 3.68. The SMILES string of the molecule is CCC(C(=O)[O-])c1ccccc1.CCC(C(=O)[O-])c1ccccc1.[Ag]. The van der Waals surface area contributed by atoms with Gasteiger partial charge in [0.05, 0.1) is 0 Å². The molecule has 0 aromatic heterocycles. The molecule has 2 aromatic carbocycles. The first-order chi connectivity index (χ1) is 11.5. The van der Waals surface area contributed by atoms with Crippen molar-refractivity contribution >= 4 is 11.9 Å². The molecule has 0 aliphatic carbocycles. The van der Waals surface area contributed by atoms with E-state index in [4.69, 9.17) is 0 Å². The third-order valence-corrected chi connectivity index (χ3v) is 3.79.